The van der Waals surface area contributed by atoms with Crippen molar-refractivity contribution in [2.24, 2.45) is 0 Å². The van der Waals surface area contributed by atoms with Crippen molar-refractivity contribution in [1.29, 1.82) is 0 Å². The summed E-state index contributed by atoms with van der Waals surface area (Å²) >= 11 is 0. The molecule has 0 fully saturated rings. The van der Waals surface area contributed by atoms with Crippen LogP contribution >= 0.6 is 0 Å². The molecular formula is C19H26N2O4. The van der Waals surface area contributed by atoms with Crippen LogP contribution in [0.15, 0.2) is 28.9 Å². The minimum Gasteiger partial charge on any atom is -0.467 e. The van der Waals surface area contributed by atoms with Gasteiger partial charge in [-0.25, -0.2) is 4.79 Å². The highest BCUT2D eigenvalue weighted by Gasteiger charge is 2.25. The number of rotatable bonds is 5. The van der Waals surface area contributed by atoms with Gasteiger partial charge >= 0.3 is 5.97 Å². The molecule has 0 saturated carbocycles. The highest BCUT2D eigenvalue weighted by Crippen LogP contribution is 2.19. The fourth-order valence-electron chi connectivity index (χ4n) is 2.56. The number of aromatic nitrogens is 1. The normalized spacial score (nSPS) is 12.7. The van der Waals surface area contributed by atoms with Crippen molar-refractivity contribution >= 4 is 11.9 Å². The smallest absolute Gasteiger partial charge is 0.340 e. The predicted molar refractivity (Wildman–Crippen MR) is 94.5 cm³/mol. The Bertz CT molecular complexity index is 751. The Morgan fingerprint density at radius 2 is 2.00 bits per heavy atom. The Morgan fingerprint density at radius 1 is 1.32 bits per heavy atom. The molecule has 0 aliphatic rings. The number of nitrogens with one attached hydrogen (secondary N) is 1. The van der Waals surface area contributed by atoms with E-state index >= 15 is 0 Å². The molecule has 2 aromatic heterocycles. The molecule has 2 heterocycles. The first kappa shape index (κ1) is 18.8. The van der Waals surface area contributed by atoms with Crippen LogP contribution in [-0.4, -0.2) is 28.1 Å². The number of hydrogen-bond donors (Lipinski definition) is 1. The molecule has 6 heteroatoms. The maximum atomic E-state index is 12.5. The van der Waals surface area contributed by atoms with Gasteiger partial charge in [0.25, 0.3) is 5.91 Å². The van der Waals surface area contributed by atoms with Crippen LogP contribution in [0.2, 0.25) is 0 Å². The van der Waals surface area contributed by atoms with Gasteiger partial charge in [-0.1, -0.05) is 0 Å². The molecule has 0 aliphatic carbocycles. The molecule has 2 aromatic rings. The van der Waals surface area contributed by atoms with Gasteiger partial charge in [0, 0.05) is 16.9 Å². The van der Waals surface area contributed by atoms with Crippen molar-refractivity contribution in [2.75, 3.05) is 0 Å². The quantitative estimate of drug-likeness (QED) is 0.844. The SMILES string of the molecule is Cc1cc(C(=O)O[C@H](C)C(=O)NC(C)(C)C)c(C)n1Cc1ccco1. The molecule has 25 heavy (non-hydrogen) atoms. The van der Waals surface area contributed by atoms with Crippen LogP contribution in [-0.2, 0) is 16.1 Å². The van der Waals surface area contributed by atoms with Gasteiger partial charge in [0.1, 0.15) is 5.76 Å². The summed E-state index contributed by atoms with van der Waals surface area (Å²) in [6, 6.07) is 5.49. The van der Waals surface area contributed by atoms with E-state index in [0.29, 0.717) is 12.1 Å². The number of amides is 1. The highest BCUT2D eigenvalue weighted by molar-refractivity contribution is 5.93. The summed E-state index contributed by atoms with van der Waals surface area (Å²) < 4.78 is 12.7. The fourth-order valence-corrected chi connectivity index (χ4v) is 2.56. The van der Waals surface area contributed by atoms with Crippen molar-refractivity contribution in [1.82, 2.24) is 9.88 Å². The Balaban J connectivity index is 2.11. The molecule has 0 saturated heterocycles. The monoisotopic (exact) mass is 346 g/mol. The number of nitrogens with zero attached hydrogens (tertiary/aromatic N) is 1. The maximum Gasteiger partial charge on any atom is 0.340 e. The second-order valence-corrected chi connectivity index (χ2v) is 7.24. The molecule has 2 rings (SSSR count). The lowest BCUT2D eigenvalue weighted by atomic mass is 10.1. The van der Waals surface area contributed by atoms with Gasteiger partial charge in [-0.3, -0.25) is 4.79 Å². The number of aryl methyl sites for hydroxylation is 1. The van der Waals surface area contributed by atoms with Gasteiger partial charge in [-0.2, -0.15) is 0 Å². The Labute approximate surface area is 148 Å². The number of esters is 1. The van der Waals surface area contributed by atoms with Crippen LogP contribution in [0.5, 0.6) is 0 Å². The van der Waals surface area contributed by atoms with E-state index in [4.69, 9.17) is 9.15 Å². The minimum absolute atomic E-state index is 0.315. The van der Waals surface area contributed by atoms with E-state index in [-0.39, 0.29) is 11.4 Å². The van der Waals surface area contributed by atoms with Crippen molar-refractivity contribution in [3.8, 4) is 0 Å². The third-order valence-electron chi connectivity index (χ3n) is 3.84. The minimum atomic E-state index is -0.861. The first-order chi connectivity index (χ1) is 11.6. The van der Waals surface area contributed by atoms with Crippen LogP contribution in [0, 0.1) is 13.8 Å². The third kappa shape index (κ3) is 4.75. The second kappa shape index (κ2) is 7.17. The Morgan fingerprint density at radius 3 is 2.56 bits per heavy atom. The van der Waals surface area contributed by atoms with E-state index in [1.54, 1.807) is 19.3 Å². The first-order valence-corrected chi connectivity index (χ1v) is 8.30. The average molecular weight is 346 g/mol. The van der Waals surface area contributed by atoms with E-state index in [2.05, 4.69) is 5.32 Å². The van der Waals surface area contributed by atoms with E-state index in [0.717, 1.165) is 17.1 Å². The van der Waals surface area contributed by atoms with Gasteiger partial charge < -0.3 is 19.0 Å². The van der Waals surface area contributed by atoms with E-state index in [1.807, 2.05) is 51.3 Å². The zero-order chi connectivity index (χ0) is 18.8. The lowest BCUT2D eigenvalue weighted by Gasteiger charge is -2.23. The second-order valence-electron chi connectivity index (χ2n) is 7.24. The van der Waals surface area contributed by atoms with Gasteiger partial charge in [0.05, 0.1) is 18.4 Å². The number of ether oxygens (including phenoxy) is 1. The molecule has 0 bridgehead atoms. The number of carbonyl (C=O) groups is 2. The molecule has 0 aliphatic heterocycles. The third-order valence-corrected chi connectivity index (χ3v) is 3.84. The van der Waals surface area contributed by atoms with E-state index in [1.165, 1.54) is 0 Å². The summed E-state index contributed by atoms with van der Waals surface area (Å²) in [5, 5.41) is 2.80. The molecule has 6 nitrogen and oxygen atoms in total. The van der Waals surface area contributed by atoms with Gasteiger partial charge in [-0.05, 0) is 59.7 Å². The van der Waals surface area contributed by atoms with Crippen LogP contribution in [0.1, 0.15) is 55.2 Å². The summed E-state index contributed by atoms with van der Waals surface area (Å²) in [4.78, 5) is 24.6. The maximum absolute atomic E-state index is 12.5. The van der Waals surface area contributed by atoms with Gasteiger partial charge in [0.2, 0.25) is 0 Å². The Hall–Kier alpha value is -2.50. The summed E-state index contributed by atoms with van der Waals surface area (Å²) in [7, 11) is 0. The van der Waals surface area contributed by atoms with E-state index in [9.17, 15) is 9.59 Å². The molecule has 1 amide bonds. The summed E-state index contributed by atoms with van der Waals surface area (Å²) in [6.07, 6.45) is 0.758. The first-order valence-electron chi connectivity index (χ1n) is 8.30. The van der Waals surface area contributed by atoms with Crippen molar-refractivity contribution < 1.29 is 18.7 Å². The molecular weight excluding hydrogens is 320 g/mol. The summed E-state index contributed by atoms with van der Waals surface area (Å²) in [6.45, 7) is 11.5. The summed E-state index contributed by atoms with van der Waals surface area (Å²) in [5.74, 6) is -0.0137. The van der Waals surface area contributed by atoms with Gasteiger partial charge in [0.15, 0.2) is 6.10 Å². The molecule has 1 N–H and O–H groups in total. The molecule has 0 radical (unpaired) electrons. The van der Waals surface area contributed by atoms with Crippen LogP contribution in [0.25, 0.3) is 0 Å². The fraction of sp³-hybridized carbons (Fsp3) is 0.474. The zero-order valence-corrected chi connectivity index (χ0v) is 15.7. The number of furan rings is 1. The zero-order valence-electron chi connectivity index (χ0n) is 15.7. The van der Waals surface area contributed by atoms with Crippen LogP contribution in [0.3, 0.4) is 0 Å². The van der Waals surface area contributed by atoms with E-state index < -0.39 is 12.1 Å². The number of carbonyl (C=O) groups excluding carboxylic acids is 2. The topological polar surface area (TPSA) is 73.5 Å². The van der Waals surface area contributed by atoms with Crippen molar-refractivity contribution in [3.63, 3.8) is 0 Å². The van der Waals surface area contributed by atoms with Crippen LogP contribution in [0.4, 0.5) is 0 Å². The predicted octanol–water partition coefficient (Wildman–Crippen LogP) is 3.21. The molecule has 0 aromatic carbocycles. The lowest BCUT2D eigenvalue weighted by molar-refractivity contribution is -0.130. The molecule has 136 valence electrons. The van der Waals surface area contributed by atoms with Crippen LogP contribution < -0.4 is 5.32 Å². The standard InChI is InChI=1S/C19H26N2O4/c1-12-10-16(13(2)21(12)11-15-8-7-9-24-15)18(23)25-14(3)17(22)20-19(4,5)6/h7-10,14H,11H2,1-6H3,(H,20,22)/t14-/m1/s1. The van der Waals surface area contributed by atoms with Crippen molar-refractivity contribution in [2.45, 2.75) is 59.7 Å². The summed E-state index contributed by atoms with van der Waals surface area (Å²) in [5.41, 5.74) is 1.78. The lowest BCUT2D eigenvalue weighted by Crippen LogP contribution is -2.46. The number of hydrogen-bond acceptors (Lipinski definition) is 4. The van der Waals surface area contributed by atoms with Gasteiger partial charge in [-0.15, -0.1) is 0 Å². The average Bonchev–Trinajstić information content (AvgIpc) is 3.09. The molecule has 0 unspecified atom stereocenters. The largest absolute Gasteiger partial charge is 0.467 e. The molecule has 0 spiro atoms. The molecule has 1 atom stereocenters. The Kier molecular flexibility index (Phi) is 5.40. The van der Waals surface area contributed by atoms with Crippen molar-refractivity contribution in [3.05, 3.63) is 47.2 Å². The highest BCUT2D eigenvalue weighted by atomic mass is 16.5.